The van der Waals surface area contributed by atoms with E-state index in [2.05, 4.69) is 0 Å². The second kappa shape index (κ2) is 4.91. The van der Waals surface area contributed by atoms with Crippen molar-refractivity contribution in [1.29, 1.82) is 0 Å². The summed E-state index contributed by atoms with van der Waals surface area (Å²) in [7, 11) is 0. The largest absolute Gasteiger partial charge is 0.506 e. The van der Waals surface area contributed by atoms with Crippen molar-refractivity contribution < 1.29 is 5.11 Å². The summed E-state index contributed by atoms with van der Waals surface area (Å²) in [5.41, 5.74) is 6.14. The van der Waals surface area contributed by atoms with Crippen LogP contribution >= 0.6 is 35.6 Å². The van der Waals surface area contributed by atoms with Gasteiger partial charge >= 0.3 is 0 Å². The molecular formula is C8H10Cl3NO. The van der Waals surface area contributed by atoms with E-state index < -0.39 is 0 Å². The highest BCUT2D eigenvalue weighted by Gasteiger charge is 2.10. The molecular weight excluding hydrogens is 232 g/mol. The van der Waals surface area contributed by atoms with E-state index in [0.29, 0.717) is 10.6 Å². The molecule has 1 aromatic carbocycles. The molecule has 0 unspecified atom stereocenters. The van der Waals surface area contributed by atoms with Gasteiger partial charge in [-0.05, 0) is 19.1 Å². The Balaban J connectivity index is 0.00000144. The van der Waals surface area contributed by atoms with E-state index >= 15 is 0 Å². The van der Waals surface area contributed by atoms with Gasteiger partial charge in [-0.1, -0.05) is 23.2 Å². The van der Waals surface area contributed by atoms with Gasteiger partial charge in [-0.3, -0.25) is 0 Å². The van der Waals surface area contributed by atoms with Crippen molar-refractivity contribution in [2.45, 2.75) is 13.0 Å². The quantitative estimate of drug-likeness (QED) is 0.795. The second-order valence-electron chi connectivity index (χ2n) is 2.61. The van der Waals surface area contributed by atoms with E-state index in [1.54, 1.807) is 13.0 Å². The number of rotatable bonds is 1. The number of phenols is 1. The Bertz CT molecular complexity index is 302. The Hall–Kier alpha value is -0.150. The maximum absolute atomic E-state index is 9.42. The summed E-state index contributed by atoms with van der Waals surface area (Å²) in [4.78, 5) is 0. The molecule has 1 rings (SSSR count). The van der Waals surface area contributed by atoms with Gasteiger partial charge < -0.3 is 10.8 Å². The predicted molar refractivity (Wildman–Crippen MR) is 58.0 cm³/mol. The van der Waals surface area contributed by atoms with Gasteiger partial charge in [0.2, 0.25) is 0 Å². The van der Waals surface area contributed by atoms with E-state index in [1.807, 2.05) is 0 Å². The molecule has 1 atom stereocenters. The molecule has 0 saturated heterocycles. The molecule has 1 aromatic rings. The van der Waals surface area contributed by atoms with Crippen LogP contribution in [-0.2, 0) is 0 Å². The number of phenolic OH excluding ortho intramolecular Hbond substituents is 1. The summed E-state index contributed by atoms with van der Waals surface area (Å²) in [5.74, 6) is 0.0102. The van der Waals surface area contributed by atoms with Crippen molar-refractivity contribution >= 4 is 35.6 Å². The van der Waals surface area contributed by atoms with Gasteiger partial charge in [0.1, 0.15) is 5.75 Å². The number of aromatic hydroxyl groups is 1. The van der Waals surface area contributed by atoms with E-state index in [4.69, 9.17) is 28.9 Å². The number of nitrogens with two attached hydrogens (primary N) is 1. The molecule has 13 heavy (non-hydrogen) atoms. The van der Waals surface area contributed by atoms with E-state index in [9.17, 15) is 5.11 Å². The van der Waals surface area contributed by atoms with Gasteiger partial charge in [0.25, 0.3) is 0 Å². The second-order valence-corrected chi connectivity index (χ2v) is 3.46. The fraction of sp³-hybridized carbons (Fsp3) is 0.250. The zero-order valence-corrected chi connectivity index (χ0v) is 9.25. The summed E-state index contributed by atoms with van der Waals surface area (Å²) in [5, 5.41) is 10.1. The molecule has 0 aliphatic rings. The molecule has 0 saturated carbocycles. The normalized spacial score (nSPS) is 12.0. The highest BCUT2D eigenvalue weighted by molar-refractivity contribution is 6.35. The SMILES string of the molecule is C[C@@H](N)c1cc(Cl)cc(Cl)c1O.Cl. The van der Waals surface area contributed by atoms with Crippen LogP contribution in [0.25, 0.3) is 0 Å². The molecule has 0 aromatic heterocycles. The van der Waals surface area contributed by atoms with Crippen LogP contribution in [0, 0.1) is 0 Å². The zero-order chi connectivity index (χ0) is 9.30. The Labute approximate surface area is 93.1 Å². The van der Waals surface area contributed by atoms with Crippen LogP contribution in [0.5, 0.6) is 5.75 Å². The molecule has 0 aliphatic carbocycles. The molecule has 0 radical (unpaired) electrons. The number of hydrogen-bond acceptors (Lipinski definition) is 2. The Morgan fingerprint density at radius 2 is 1.92 bits per heavy atom. The summed E-state index contributed by atoms with van der Waals surface area (Å²) in [6.07, 6.45) is 0. The first-order chi connectivity index (χ1) is 5.52. The minimum absolute atomic E-state index is 0. The van der Waals surface area contributed by atoms with Crippen LogP contribution in [0.3, 0.4) is 0 Å². The highest BCUT2D eigenvalue weighted by Crippen LogP contribution is 2.33. The smallest absolute Gasteiger partial charge is 0.139 e. The standard InChI is InChI=1S/C8H9Cl2NO.ClH/c1-4(11)6-2-5(9)3-7(10)8(6)12;/h2-4,12H,11H2,1H3;1H/t4-;/m1./s1. The average molecular weight is 243 g/mol. The summed E-state index contributed by atoms with van der Waals surface area (Å²) in [6.45, 7) is 1.75. The summed E-state index contributed by atoms with van der Waals surface area (Å²) in [6, 6.07) is 2.80. The first-order valence-corrected chi connectivity index (χ1v) is 4.21. The monoisotopic (exact) mass is 241 g/mol. The van der Waals surface area contributed by atoms with Crippen molar-refractivity contribution in [3.8, 4) is 5.75 Å². The van der Waals surface area contributed by atoms with Crippen LogP contribution in [-0.4, -0.2) is 5.11 Å². The summed E-state index contributed by atoms with van der Waals surface area (Å²) >= 11 is 11.4. The molecule has 0 fully saturated rings. The molecule has 0 heterocycles. The van der Waals surface area contributed by atoms with Crippen LogP contribution in [0.2, 0.25) is 10.0 Å². The van der Waals surface area contributed by atoms with Crippen molar-refractivity contribution in [3.05, 3.63) is 27.7 Å². The third kappa shape index (κ3) is 2.92. The fourth-order valence-electron chi connectivity index (χ4n) is 0.933. The molecule has 0 aliphatic heterocycles. The van der Waals surface area contributed by atoms with Gasteiger partial charge in [-0.25, -0.2) is 0 Å². The first-order valence-electron chi connectivity index (χ1n) is 3.46. The molecule has 0 bridgehead atoms. The van der Waals surface area contributed by atoms with Gasteiger partial charge in [0, 0.05) is 16.6 Å². The number of hydrogen-bond donors (Lipinski definition) is 2. The maximum atomic E-state index is 9.42. The van der Waals surface area contributed by atoms with Gasteiger partial charge in [-0.2, -0.15) is 0 Å². The Kier molecular flexibility index (Phi) is 4.86. The third-order valence-corrected chi connectivity index (χ3v) is 2.05. The Morgan fingerprint density at radius 1 is 1.38 bits per heavy atom. The lowest BCUT2D eigenvalue weighted by atomic mass is 10.1. The lowest BCUT2D eigenvalue weighted by molar-refractivity contribution is 0.464. The van der Waals surface area contributed by atoms with Crippen molar-refractivity contribution in [2.24, 2.45) is 5.73 Å². The summed E-state index contributed by atoms with van der Waals surface area (Å²) < 4.78 is 0. The number of halogens is 3. The minimum Gasteiger partial charge on any atom is -0.506 e. The molecule has 2 nitrogen and oxygen atoms in total. The minimum atomic E-state index is -0.277. The van der Waals surface area contributed by atoms with Crippen LogP contribution < -0.4 is 5.73 Å². The zero-order valence-electron chi connectivity index (χ0n) is 6.92. The lowest BCUT2D eigenvalue weighted by Gasteiger charge is -2.09. The highest BCUT2D eigenvalue weighted by atomic mass is 35.5. The predicted octanol–water partition coefficient (Wildman–Crippen LogP) is 3.14. The maximum Gasteiger partial charge on any atom is 0.139 e. The average Bonchev–Trinajstić information content (AvgIpc) is 1.96. The third-order valence-electron chi connectivity index (χ3n) is 1.55. The molecule has 0 spiro atoms. The van der Waals surface area contributed by atoms with Gasteiger partial charge in [-0.15, -0.1) is 12.4 Å². The molecule has 5 heteroatoms. The van der Waals surface area contributed by atoms with Crippen molar-refractivity contribution in [3.63, 3.8) is 0 Å². The van der Waals surface area contributed by atoms with E-state index in [0.717, 1.165) is 0 Å². The fourth-order valence-corrected chi connectivity index (χ4v) is 1.44. The van der Waals surface area contributed by atoms with Gasteiger partial charge in [0.05, 0.1) is 5.02 Å². The number of benzene rings is 1. The first kappa shape index (κ1) is 12.8. The van der Waals surface area contributed by atoms with Crippen molar-refractivity contribution in [2.75, 3.05) is 0 Å². The Morgan fingerprint density at radius 3 is 2.38 bits per heavy atom. The molecule has 0 amide bonds. The van der Waals surface area contributed by atoms with E-state index in [-0.39, 0.29) is 29.2 Å². The van der Waals surface area contributed by atoms with Crippen LogP contribution in [0.15, 0.2) is 12.1 Å². The topological polar surface area (TPSA) is 46.2 Å². The van der Waals surface area contributed by atoms with Crippen LogP contribution in [0.1, 0.15) is 18.5 Å². The van der Waals surface area contributed by atoms with Crippen LogP contribution in [0.4, 0.5) is 0 Å². The van der Waals surface area contributed by atoms with E-state index in [1.165, 1.54) is 6.07 Å². The molecule has 74 valence electrons. The van der Waals surface area contributed by atoms with Gasteiger partial charge in [0.15, 0.2) is 0 Å². The molecule has 3 N–H and O–H groups in total. The van der Waals surface area contributed by atoms with Crippen molar-refractivity contribution in [1.82, 2.24) is 0 Å². The lowest BCUT2D eigenvalue weighted by Crippen LogP contribution is -2.05.